The normalized spacial score (nSPS) is 12.2. The van der Waals surface area contributed by atoms with Gasteiger partial charge in [0.05, 0.1) is 10.2 Å². The lowest BCUT2D eigenvalue weighted by atomic mass is 10.3. The first-order chi connectivity index (χ1) is 8.54. The summed E-state index contributed by atoms with van der Waals surface area (Å²) in [6.45, 7) is 0. The molecule has 98 valence electrons. The lowest BCUT2D eigenvalue weighted by Gasteiger charge is -2.08. The molecule has 1 aromatic carbocycles. The summed E-state index contributed by atoms with van der Waals surface area (Å²) in [5, 5.41) is 0. The number of fused-ring (bicyclic) bond motifs is 1. The first-order valence-corrected chi connectivity index (χ1v) is 8.53. The molecule has 18 heavy (non-hydrogen) atoms. The van der Waals surface area contributed by atoms with Crippen molar-refractivity contribution in [3.8, 4) is 0 Å². The highest BCUT2D eigenvalue weighted by atomic mass is 35.6. The lowest BCUT2D eigenvalue weighted by Crippen LogP contribution is -2.01. The number of para-hydroxylation sites is 1. The first-order valence-electron chi connectivity index (χ1n) is 5.60. The van der Waals surface area contributed by atoms with Gasteiger partial charge >= 0.3 is 0 Å². The molecule has 0 radical (unpaired) electrons. The molecular formula is C12H12Cl3NS2. The monoisotopic (exact) mass is 339 g/mol. The minimum Gasteiger partial charge on any atom is -0.230 e. The van der Waals surface area contributed by atoms with Crippen LogP contribution in [0.25, 0.3) is 10.2 Å². The van der Waals surface area contributed by atoms with Crippen molar-refractivity contribution in [2.75, 3.05) is 5.75 Å². The molecule has 6 heteroatoms. The summed E-state index contributed by atoms with van der Waals surface area (Å²) >= 11 is 20.6. The fourth-order valence-electron chi connectivity index (χ4n) is 1.50. The van der Waals surface area contributed by atoms with E-state index in [1.54, 1.807) is 23.1 Å². The third-order valence-electron chi connectivity index (χ3n) is 2.35. The summed E-state index contributed by atoms with van der Waals surface area (Å²) < 4.78 is 1.24. The number of benzene rings is 1. The first kappa shape index (κ1) is 14.7. The van der Waals surface area contributed by atoms with E-state index in [4.69, 9.17) is 34.8 Å². The van der Waals surface area contributed by atoms with Crippen LogP contribution in [0.5, 0.6) is 0 Å². The summed E-state index contributed by atoms with van der Waals surface area (Å²) in [5.74, 6) is 1.01. The predicted octanol–water partition coefficient (Wildman–Crippen LogP) is 5.93. The Bertz CT molecular complexity index is 474. The molecule has 0 aliphatic heterocycles. The minimum atomic E-state index is -1.11. The third-order valence-corrected chi connectivity index (χ3v) is 5.19. The van der Waals surface area contributed by atoms with Gasteiger partial charge in [0.1, 0.15) is 0 Å². The summed E-state index contributed by atoms with van der Waals surface area (Å²) in [6.07, 6.45) is 2.57. The number of rotatable bonds is 5. The van der Waals surface area contributed by atoms with E-state index in [0.29, 0.717) is 6.42 Å². The Morgan fingerprint density at radius 2 is 1.94 bits per heavy atom. The van der Waals surface area contributed by atoms with Gasteiger partial charge in [0, 0.05) is 5.75 Å². The van der Waals surface area contributed by atoms with Crippen LogP contribution < -0.4 is 0 Å². The molecule has 1 heterocycles. The average Bonchev–Trinajstić information content (AvgIpc) is 2.69. The van der Waals surface area contributed by atoms with Gasteiger partial charge in [-0.15, -0.1) is 11.3 Å². The Hall–Kier alpha value is 0.330. The minimum absolute atomic E-state index is 0.609. The van der Waals surface area contributed by atoms with E-state index in [-0.39, 0.29) is 0 Å². The van der Waals surface area contributed by atoms with E-state index in [1.807, 2.05) is 18.2 Å². The van der Waals surface area contributed by atoms with Crippen molar-refractivity contribution in [2.45, 2.75) is 27.4 Å². The highest BCUT2D eigenvalue weighted by Gasteiger charge is 2.18. The number of hydrogen-bond acceptors (Lipinski definition) is 3. The maximum atomic E-state index is 5.70. The standard InChI is InChI=1S/C12H12Cl3NS2/c13-12(14,15)7-3-4-8-17-11-16-9-5-1-2-6-10(9)18-11/h1-2,5-6H,3-4,7-8H2. The second-order valence-electron chi connectivity index (χ2n) is 3.87. The average molecular weight is 341 g/mol. The SMILES string of the molecule is ClC(Cl)(Cl)CCCCSc1nc2ccccc2s1. The molecule has 0 spiro atoms. The summed E-state index contributed by atoms with van der Waals surface area (Å²) in [6, 6.07) is 8.19. The van der Waals surface area contributed by atoms with E-state index in [1.165, 1.54) is 4.70 Å². The summed E-state index contributed by atoms with van der Waals surface area (Å²) in [4.78, 5) is 4.56. The third kappa shape index (κ3) is 4.78. The molecule has 1 aromatic heterocycles. The van der Waals surface area contributed by atoms with Crippen LogP contribution in [0.4, 0.5) is 0 Å². The molecule has 0 atom stereocenters. The van der Waals surface area contributed by atoms with Gasteiger partial charge in [-0.3, -0.25) is 0 Å². The zero-order chi connectivity index (χ0) is 13.0. The van der Waals surface area contributed by atoms with Gasteiger partial charge in [-0.2, -0.15) is 0 Å². The van der Waals surface area contributed by atoms with Crippen molar-refractivity contribution in [2.24, 2.45) is 0 Å². The molecule has 0 unspecified atom stereocenters. The molecule has 0 fully saturated rings. The van der Waals surface area contributed by atoms with Crippen molar-refractivity contribution in [3.05, 3.63) is 24.3 Å². The van der Waals surface area contributed by atoms with Crippen LogP contribution in [0.3, 0.4) is 0 Å². The van der Waals surface area contributed by atoms with Gasteiger partial charge in [-0.1, -0.05) is 58.7 Å². The molecule has 0 saturated carbocycles. The van der Waals surface area contributed by atoms with Crippen LogP contribution in [-0.4, -0.2) is 14.5 Å². The summed E-state index contributed by atoms with van der Waals surface area (Å²) in [7, 11) is 0. The Balaban J connectivity index is 1.77. The highest BCUT2D eigenvalue weighted by Crippen LogP contribution is 2.33. The zero-order valence-electron chi connectivity index (χ0n) is 9.54. The van der Waals surface area contributed by atoms with E-state index >= 15 is 0 Å². The van der Waals surface area contributed by atoms with Crippen molar-refractivity contribution < 1.29 is 0 Å². The fourth-order valence-corrected chi connectivity index (χ4v) is 4.04. The second kappa shape index (κ2) is 6.67. The van der Waals surface area contributed by atoms with E-state index in [9.17, 15) is 0 Å². The Morgan fingerprint density at radius 1 is 1.17 bits per heavy atom. The van der Waals surface area contributed by atoms with Crippen molar-refractivity contribution in [1.29, 1.82) is 0 Å². The smallest absolute Gasteiger partial charge is 0.190 e. The number of halogens is 3. The number of aromatic nitrogens is 1. The highest BCUT2D eigenvalue weighted by molar-refractivity contribution is 8.01. The number of unbranched alkanes of at least 4 members (excludes halogenated alkanes) is 1. The topological polar surface area (TPSA) is 12.9 Å². The van der Waals surface area contributed by atoms with Gasteiger partial charge in [-0.25, -0.2) is 4.98 Å². The molecule has 0 N–H and O–H groups in total. The van der Waals surface area contributed by atoms with Crippen molar-refractivity contribution >= 4 is 68.1 Å². The number of alkyl halides is 3. The summed E-state index contributed by atoms with van der Waals surface area (Å²) in [5.41, 5.74) is 1.08. The Morgan fingerprint density at radius 3 is 2.67 bits per heavy atom. The largest absolute Gasteiger partial charge is 0.230 e. The van der Waals surface area contributed by atoms with E-state index in [2.05, 4.69) is 11.1 Å². The maximum absolute atomic E-state index is 5.70. The quantitative estimate of drug-likeness (QED) is 0.380. The Labute approximate surface area is 130 Å². The number of nitrogens with zero attached hydrogens (tertiary/aromatic N) is 1. The van der Waals surface area contributed by atoms with E-state index in [0.717, 1.165) is 28.5 Å². The number of hydrogen-bond donors (Lipinski definition) is 0. The molecule has 1 nitrogen and oxygen atoms in total. The molecule has 0 bridgehead atoms. The predicted molar refractivity (Wildman–Crippen MR) is 84.5 cm³/mol. The number of thiazole rings is 1. The van der Waals surface area contributed by atoms with Crippen LogP contribution in [-0.2, 0) is 0 Å². The molecule has 2 aromatic rings. The molecular weight excluding hydrogens is 329 g/mol. The van der Waals surface area contributed by atoms with E-state index < -0.39 is 3.79 Å². The molecule has 2 rings (SSSR count). The van der Waals surface area contributed by atoms with Crippen LogP contribution in [0.15, 0.2) is 28.6 Å². The van der Waals surface area contributed by atoms with Gasteiger partial charge in [0.15, 0.2) is 8.13 Å². The fraction of sp³-hybridized carbons (Fsp3) is 0.417. The van der Waals surface area contributed by atoms with Crippen LogP contribution in [0.2, 0.25) is 0 Å². The Kier molecular flexibility index (Phi) is 5.46. The molecule has 0 amide bonds. The second-order valence-corrected chi connectivity index (χ2v) is 8.76. The van der Waals surface area contributed by atoms with Crippen LogP contribution in [0, 0.1) is 0 Å². The van der Waals surface area contributed by atoms with Crippen LogP contribution >= 0.6 is 57.9 Å². The lowest BCUT2D eigenvalue weighted by molar-refractivity contribution is 0.739. The van der Waals surface area contributed by atoms with Crippen LogP contribution in [0.1, 0.15) is 19.3 Å². The maximum Gasteiger partial charge on any atom is 0.190 e. The molecule has 0 aliphatic carbocycles. The van der Waals surface area contributed by atoms with Crippen molar-refractivity contribution in [1.82, 2.24) is 4.98 Å². The van der Waals surface area contributed by atoms with Gasteiger partial charge in [-0.05, 0) is 31.4 Å². The molecule has 0 aliphatic rings. The van der Waals surface area contributed by atoms with Gasteiger partial charge in [0.25, 0.3) is 0 Å². The van der Waals surface area contributed by atoms with Gasteiger partial charge < -0.3 is 0 Å². The van der Waals surface area contributed by atoms with Gasteiger partial charge in [0.2, 0.25) is 0 Å². The molecule has 0 saturated heterocycles. The van der Waals surface area contributed by atoms with Crippen molar-refractivity contribution in [3.63, 3.8) is 0 Å². The number of thioether (sulfide) groups is 1. The zero-order valence-corrected chi connectivity index (χ0v) is 13.4.